The maximum absolute atomic E-state index is 12.9. The Balaban J connectivity index is 1.18. The molecule has 8 nitrogen and oxygen atoms in total. The van der Waals surface area contributed by atoms with Crippen LogP contribution in [-0.4, -0.2) is 39.4 Å². The van der Waals surface area contributed by atoms with Crippen molar-refractivity contribution in [3.8, 4) is 0 Å². The van der Waals surface area contributed by atoms with E-state index in [1.54, 1.807) is 43.3 Å². The van der Waals surface area contributed by atoms with Crippen LogP contribution in [0.2, 0.25) is 5.02 Å². The maximum atomic E-state index is 12.9. The number of hydrogen-bond acceptors (Lipinski definition) is 5. The lowest BCUT2D eigenvalue weighted by molar-refractivity contribution is 0.0795. The number of Topliss-reactive ketones (excluding diaryl/α,β-unsaturated/α-hetero) is 1. The molecule has 0 unspecified atom stereocenters. The monoisotopic (exact) mass is 502 g/mol. The summed E-state index contributed by atoms with van der Waals surface area (Å²) in [5.74, 6) is 0.580. The van der Waals surface area contributed by atoms with E-state index in [0.29, 0.717) is 35.9 Å². The molecule has 0 atom stereocenters. The molecule has 0 saturated heterocycles. The van der Waals surface area contributed by atoms with Gasteiger partial charge in [-0.3, -0.25) is 9.48 Å². The van der Waals surface area contributed by atoms with E-state index in [2.05, 4.69) is 22.3 Å². The Morgan fingerprint density at radius 1 is 1.19 bits per heavy atom. The Morgan fingerprint density at radius 3 is 2.81 bits per heavy atom. The number of rotatable bonds is 8. The minimum atomic E-state index is -0.994. The fraction of sp³-hybridized carbons (Fsp3) is 0.333. The van der Waals surface area contributed by atoms with Crippen LogP contribution in [0.15, 0.2) is 55.5 Å². The Labute approximate surface area is 213 Å². The molecule has 1 fully saturated rings. The van der Waals surface area contributed by atoms with Gasteiger partial charge in [0.2, 0.25) is 0 Å². The summed E-state index contributed by atoms with van der Waals surface area (Å²) in [4.78, 5) is 22.1. The predicted molar refractivity (Wildman–Crippen MR) is 137 cm³/mol. The molecule has 5 heterocycles. The summed E-state index contributed by atoms with van der Waals surface area (Å²) in [5, 5.41) is 15.8. The molecule has 0 radical (unpaired) electrons. The molecular formula is C27H27ClN6O2. The van der Waals surface area contributed by atoms with Crippen molar-refractivity contribution < 1.29 is 9.90 Å². The van der Waals surface area contributed by atoms with E-state index in [0.717, 1.165) is 28.1 Å². The quantitative estimate of drug-likeness (QED) is 0.308. The second-order valence-corrected chi connectivity index (χ2v) is 10.6. The lowest BCUT2D eigenvalue weighted by atomic mass is 9.97. The summed E-state index contributed by atoms with van der Waals surface area (Å²) in [6, 6.07) is 5.75. The molecule has 0 aliphatic heterocycles. The Hall–Kier alpha value is -3.49. The summed E-state index contributed by atoms with van der Waals surface area (Å²) in [7, 11) is 0. The summed E-state index contributed by atoms with van der Waals surface area (Å²) in [6.07, 6.45) is 14.3. The van der Waals surface area contributed by atoms with Crippen molar-refractivity contribution >= 4 is 28.5 Å². The van der Waals surface area contributed by atoms with Gasteiger partial charge in [-0.2, -0.15) is 5.10 Å². The van der Waals surface area contributed by atoms with E-state index in [1.807, 2.05) is 27.3 Å². The van der Waals surface area contributed by atoms with Crippen molar-refractivity contribution in [3.63, 3.8) is 0 Å². The van der Waals surface area contributed by atoms with Gasteiger partial charge in [-0.25, -0.2) is 9.97 Å². The topological polar surface area (TPSA) is 89.7 Å². The zero-order valence-electron chi connectivity index (χ0n) is 20.2. The zero-order chi connectivity index (χ0) is 25.0. The number of nitrogens with zero attached hydrogens (tertiary/aromatic N) is 6. The number of aliphatic hydroxyl groups is 1. The summed E-state index contributed by atoms with van der Waals surface area (Å²) >= 11 is 6.12. The number of carbonyl (C=O) groups is 1. The van der Waals surface area contributed by atoms with Gasteiger partial charge >= 0.3 is 0 Å². The first kappa shape index (κ1) is 22.9. The van der Waals surface area contributed by atoms with Crippen LogP contribution in [-0.2, 0) is 18.6 Å². The highest BCUT2D eigenvalue weighted by molar-refractivity contribution is 6.30. The van der Waals surface area contributed by atoms with E-state index >= 15 is 0 Å². The highest BCUT2D eigenvalue weighted by Crippen LogP contribution is 2.41. The van der Waals surface area contributed by atoms with Gasteiger partial charge in [0.1, 0.15) is 5.65 Å². The maximum Gasteiger partial charge on any atom is 0.166 e. The average molecular weight is 503 g/mol. The second kappa shape index (κ2) is 8.57. The summed E-state index contributed by atoms with van der Waals surface area (Å²) in [5.41, 5.74) is 4.95. The summed E-state index contributed by atoms with van der Waals surface area (Å²) < 4.78 is 5.63. The molecule has 1 aliphatic rings. The minimum absolute atomic E-state index is 0.0119. The van der Waals surface area contributed by atoms with Crippen molar-refractivity contribution in [2.75, 3.05) is 0 Å². The number of aryl methyl sites for hydroxylation is 1. The molecular weight excluding hydrogens is 476 g/mol. The number of fused-ring (bicyclic) bond motifs is 2. The largest absolute Gasteiger partial charge is 0.386 e. The number of carbonyl (C=O) groups excluding carboxylic acids is 1. The van der Waals surface area contributed by atoms with Crippen LogP contribution in [0.5, 0.6) is 0 Å². The summed E-state index contributed by atoms with van der Waals surface area (Å²) in [6.45, 7) is 4.02. The first-order valence-electron chi connectivity index (χ1n) is 12.2. The Morgan fingerprint density at radius 2 is 2.03 bits per heavy atom. The molecule has 1 saturated carbocycles. The van der Waals surface area contributed by atoms with E-state index in [4.69, 9.17) is 16.6 Å². The molecule has 9 heteroatoms. The van der Waals surface area contributed by atoms with Crippen molar-refractivity contribution in [2.24, 2.45) is 0 Å². The number of imidazole rings is 2. The lowest BCUT2D eigenvalue weighted by Crippen LogP contribution is -2.17. The Kier molecular flexibility index (Phi) is 5.46. The third kappa shape index (κ3) is 4.42. The number of halogens is 1. The number of pyridine rings is 2. The van der Waals surface area contributed by atoms with Crippen molar-refractivity contribution in [1.82, 2.24) is 28.5 Å². The van der Waals surface area contributed by atoms with Crippen LogP contribution in [0.25, 0.3) is 11.2 Å². The smallest absolute Gasteiger partial charge is 0.166 e. The van der Waals surface area contributed by atoms with Gasteiger partial charge in [0, 0.05) is 41.8 Å². The van der Waals surface area contributed by atoms with Crippen LogP contribution in [0.3, 0.4) is 0 Å². The fourth-order valence-electron chi connectivity index (χ4n) is 4.68. The van der Waals surface area contributed by atoms with Crippen LogP contribution < -0.4 is 0 Å². The number of hydrogen-bond donors (Lipinski definition) is 1. The zero-order valence-corrected chi connectivity index (χ0v) is 21.0. The van der Waals surface area contributed by atoms with Crippen LogP contribution >= 0.6 is 11.6 Å². The lowest BCUT2D eigenvalue weighted by Gasteiger charge is -2.19. The molecule has 36 heavy (non-hydrogen) atoms. The van der Waals surface area contributed by atoms with Crippen molar-refractivity contribution in [3.05, 3.63) is 88.6 Å². The Bertz CT molecular complexity index is 1600. The van der Waals surface area contributed by atoms with Gasteiger partial charge in [0.15, 0.2) is 5.78 Å². The fourth-order valence-corrected chi connectivity index (χ4v) is 4.84. The standard InChI is InChI=1S/C27H27ClN6O2/c1-27(2,36)22-9-18(17-3-4-17)12-33-14-21(31-26(22)33)15-34-13-19(11-30-34)25(35)6-5-23-24-10-20(28)7-8-32(24)16-29-23/h7-14,16-17,36H,3-6,15H2,1-2H3. The van der Waals surface area contributed by atoms with Crippen LogP contribution in [0.4, 0.5) is 0 Å². The first-order valence-corrected chi connectivity index (χ1v) is 12.5. The first-order chi connectivity index (χ1) is 17.2. The van der Waals surface area contributed by atoms with Crippen molar-refractivity contribution in [2.45, 2.75) is 57.6 Å². The molecule has 1 aliphatic carbocycles. The van der Waals surface area contributed by atoms with Gasteiger partial charge in [-0.15, -0.1) is 0 Å². The molecule has 1 N–H and O–H groups in total. The highest BCUT2D eigenvalue weighted by atomic mass is 35.5. The molecule has 6 rings (SSSR count). The van der Waals surface area contributed by atoms with Gasteiger partial charge in [-0.05, 0) is 62.8 Å². The highest BCUT2D eigenvalue weighted by Gasteiger charge is 2.28. The number of aromatic nitrogens is 6. The van der Waals surface area contributed by atoms with E-state index in [-0.39, 0.29) is 5.78 Å². The molecule has 0 amide bonds. The van der Waals surface area contributed by atoms with Crippen LogP contribution in [0, 0.1) is 0 Å². The van der Waals surface area contributed by atoms with Crippen molar-refractivity contribution in [1.29, 1.82) is 0 Å². The molecule has 184 valence electrons. The van der Waals surface area contributed by atoms with Gasteiger partial charge in [0.05, 0.1) is 47.1 Å². The average Bonchev–Trinajstić information content (AvgIpc) is 3.25. The number of ketones is 1. The molecule has 0 aromatic carbocycles. The van der Waals surface area contributed by atoms with E-state index < -0.39 is 5.60 Å². The van der Waals surface area contributed by atoms with Gasteiger partial charge < -0.3 is 13.9 Å². The minimum Gasteiger partial charge on any atom is -0.386 e. The van der Waals surface area contributed by atoms with E-state index in [1.165, 1.54) is 18.4 Å². The normalized spacial score (nSPS) is 14.2. The molecule has 0 bridgehead atoms. The second-order valence-electron chi connectivity index (χ2n) is 10.2. The van der Waals surface area contributed by atoms with Gasteiger partial charge in [0.25, 0.3) is 0 Å². The van der Waals surface area contributed by atoms with Gasteiger partial charge in [-0.1, -0.05) is 11.6 Å². The SMILES string of the molecule is CC(C)(O)c1cc(C2CC2)cn2cc(Cn3cc(C(=O)CCc4ncn5ccc(Cl)cc45)cn3)nc12. The third-order valence-corrected chi connectivity index (χ3v) is 7.01. The van der Waals surface area contributed by atoms with Crippen LogP contribution in [0.1, 0.15) is 71.9 Å². The predicted octanol–water partition coefficient (Wildman–Crippen LogP) is 4.80. The molecule has 5 aromatic rings. The molecule has 0 spiro atoms. The third-order valence-electron chi connectivity index (χ3n) is 6.78. The molecule has 5 aromatic heterocycles. The van der Waals surface area contributed by atoms with E-state index in [9.17, 15) is 9.90 Å².